The molecule has 5 rings (SSSR count). The quantitative estimate of drug-likeness (QED) is 0.0201. The number of amides is 11. The van der Waals surface area contributed by atoms with Gasteiger partial charge in [0.05, 0.1) is 32.2 Å². The molecule has 11 amide bonds. The van der Waals surface area contributed by atoms with Gasteiger partial charge >= 0.3 is 0 Å². The lowest BCUT2D eigenvalue weighted by molar-refractivity contribution is -0.300. The van der Waals surface area contributed by atoms with Gasteiger partial charge in [-0.15, -0.1) is 0 Å². The van der Waals surface area contributed by atoms with Crippen molar-refractivity contribution in [2.24, 2.45) is 33.7 Å². The monoisotopic (exact) mass is 1290 g/mol. The Bertz CT molecular complexity index is 2810. The molecule has 0 aromatic heterocycles. The zero-order valence-corrected chi connectivity index (χ0v) is 50.0. The molecule has 3 saturated heterocycles. The zero-order valence-electron chi connectivity index (χ0n) is 48.4. The Labute approximate surface area is 518 Å². The molecule has 2 aromatic rings. The van der Waals surface area contributed by atoms with Crippen LogP contribution in [0.3, 0.4) is 0 Å². The first kappa shape index (κ1) is 71.8. The number of benzene rings is 2. The van der Waals surface area contributed by atoms with Crippen LogP contribution in [-0.2, 0) is 75.1 Å². The molecule has 0 unspecified atom stereocenters. The summed E-state index contributed by atoms with van der Waals surface area (Å²) in [6, 6.07) is 1.99. The molecule has 490 valence electrons. The van der Waals surface area contributed by atoms with Gasteiger partial charge < -0.3 is 111 Å². The molecule has 35 heteroatoms. The van der Waals surface area contributed by atoms with Gasteiger partial charge in [0.15, 0.2) is 12.2 Å². The van der Waals surface area contributed by atoms with E-state index in [9.17, 15) is 78.3 Å². The van der Waals surface area contributed by atoms with Crippen molar-refractivity contribution >= 4 is 92.5 Å². The summed E-state index contributed by atoms with van der Waals surface area (Å²) in [5.74, 6) is -11.0. The van der Waals surface area contributed by atoms with Crippen molar-refractivity contribution in [3.63, 3.8) is 0 Å². The van der Waals surface area contributed by atoms with Gasteiger partial charge in [-0.25, -0.2) is 0 Å². The topological polar surface area (TPSA) is 549 Å². The fraction of sp³-hybridized carbons (Fsp3) is 0.556. The van der Waals surface area contributed by atoms with Crippen molar-refractivity contribution in [1.29, 1.82) is 0 Å². The average molecular weight is 1290 g/mol. The van der Waals surface area contributed by atoms with Gasteiger partial charge in [0, 0.05) is 50.4 Å². The van der Waals surface area contributed by atoms with Crippen LogP contribution in [0.5, 0.6) is 5.75 Å². The van der Waals surface area contributed by atoms with Crippen molar-refractivity contribution in [3.05, 3.63) is 65.7 Å². The van der Waals surface area contributed by atoms with E-state index in [1.807, 2.05) is 0 Å². The summed E-state index contributed by atoms with van der Waals surface area (Å²) < 4.78 is 10.8. The van der Waals surface area contributed by atoms with Crippen LogP contribution in [0, 0.1) is 0 Å². The van der Waals surface area contributed by atoms with Gasteiger partial charge in [-0.05, 0) is 55.4 Å². The van der Waals surface area contributed by atoms with Crippen LogP contribution in [-0.4, -0.2) is 231 Å². The Hall–Kier alpha value is -7.90. The molecule has 23 N–H and O–H groups in total. The number of aliphatic hydroxyl groups excluding tert-OH is 4. The molecule has 0 saturated carbocycles. The van der Waals surface area contributed by atoms with E-state index in [4.69, 9.17) is 38.1 Å². The Balaban J connectivity index is 1.47. The summed E-state index contributed by atoms with van der Waals surface area (Å²) in [6.45, 7) is -1.89. The van der Waals surface area contributed by atoms with Gasteiger partial charge in [0.25, 0.3) is 0 Å². The highest BCUT2D eigenvalue weighted by Gasteiger charge is 2.45. The van der Waals surface area contributed by atoms with Gasteiger partial charge in [0.1, 0.15) is 72.5 Å². The van der Waals surface area contributed by atoms with E-state index >= 15 is 0 Å². The van der Waals surface area contributed by atoms with Gasteiger partial charge in [0.2, 0.25) is 65.0 Å². The van der Waals surface area contributed by atoms with Crippen molar-refractivity contribution in [3.8, 4) is 5.75 Å². The maximum absolute atomic E-state index is 14.8. The Kier molecular flexibility index (Phi) is 29.0. The predicted molar refractivity (Wildman–Crippen MR) is 319 cm³/mol. The number of aromatic hydroxyl groups is 1. The second-order valence-electron chi connectivity index (χ2n) is 21.1. The number of guanidine groups is 1. The third-order valence-electron chi connectivity index (χ3n) is 14.2. The molecule has 3 heterocycles. The Morgan fingerprint density at radius 3 is 1.99 bits per heavy atom. The van der Waals surface area contributed by atoms with E-state index in [2.05, 4.69) is 47.5 Å². The molecule has 13 atom stereocenters. The second-order valence-corrected chi connectivity index (χ2v) is 23.6. The van der Waals surface area contributed by atoms with Crippen molar-refractivity contribution < 1.29 is 87.7 Å². The normalized spacial score (nSPS) is 26.1. The van der Waals surface area contributed by atoms with E-state index in [1.165, 1.54) is 24.3 Å². The minimum atomic E-state index is -1.89. The molecule has 2 aromatic carbocycles. The molecule has 0 aliphatic carbocycles. The lowest BCUT2D eigenvalue weighted by atomic mass is 9.99. The van der Waals surface area contributed by atoms with E-state index in [0.717, 1.165) is 26.5 Å². The number of likely N-dealkylation sites (tertiary alicyclic amines) is 1. The fourth-order valence-electron chi connectivity index (χ4n) is 9.45. The van der Waals surface area contributed by atoms with Crippen LogP contribution in [0.4, 0.5) is 0 Å². The number of primary amides is 2. The maximum atomic E-state index is 14.8. The van der Waals surface area contributed by atoms with E-state index in [-0.39, 0.29) is 88.0 Å². The molecular formula is C54H79N15O18S2. The molecule has 3 fully saturated rings. The summed E-state index contributed by atoms with van der Waals surface area (Å²) in [7, 11) is 1.93. The number of aliphatic imine (C=N–C) groups is 1. The first-order valence-corrected chi connectivity index (χ1v) is 30.9. The standard InChI is InChI=1S/C54H79N15O18S2/c55-30-25-88-89-26-36(52(85)69-18-5-9-37(69)51(84)64-31(8-4-16-61-54(58)59)46(79)62-23-40(57)73)68-50(83)35(22-39(56)72)67-47(80)32(14-15-41(74)60-17-19-86-53-44(77)43(76)42(75)38(24-70)87-53)63-48(81)34(20-27-6-2-1-3-7-27)66-49(82)33(65-45(30)78)21-28-10-12-29(71)13-11-28/h1-3,6-7,10-13,30-38,42-44,53,70-71,75-77H,4-5,8-9,14-26,55H2,(H2,56,72)(H2,57,73)(H,60,74)(H,62,79)(H,63,81)(H,64,84)(H,65,78)(H,66,82)(H,67,80)(H,68,83)(H4,58,59,61)/t30-,31-,32-,33-,34-,35-,36-,37-,38+,42-,43-,44+,53+/m0/s1. The number of nitrogens with two attached hydrogens (primary N) is 5. The van der Waals surface area contributed by atoms with Gasteiger partial charge in [-0.1, -0.05) is 64.1 Å². The summed E-state index contributed by atoms with van der Waals surface area (Å²) in [4.78, 5) is 157. The number of hydrogen-bond acceptors (Lipinski definition) is 22. The highest BCUT2D eigenvalue weighted by molar-refractivity contribution is 8.76. The molecule has 33 nitrogen and oxygen atoms in total. The first-order chi connectivity index (χ1) is 42.3. The third kappa shape index (κ3) is 23.2. The minimum Gasteiger partial charge on any atom is -0.508 e. The minimum absolute atomic E-state index is 0.0295. The number of phenolic OH excluding ortho intramolecular Hbond substituents is 1. The summed E-state index contributed by atoms with van der Waals surface area (Å²) >= 11 is 0. The average Bonchev–Trinajstić information content (AvgIpc) is 2.48. The van der Waals surface area contributed by atoms with Crippen molar-refractivity contribution in [2.45, 2.75) is 137 Å². The highest BCUT2D eigenvalue weighted by atomic mass is 33.1. The smallest absolute Gasteiger partial charge is 0.246 e. The van der Waals surface area contributed by atoms with Crippen LogP contribution in [0.25, 0.3) is 0 Å². The number of phenols is 1. The number of hydrogen-bond donors (Lipinski definition) is 18. The molecule has 3 aliphatic heterocycles. The maximum Gasteiger partial charge on any atom is 0.246 e. The lowest BCUT2D eigenvalue weighted by Crippen LogP contribution is -2.61. The molecule has 89 heavy (non-hydrogen) atoms. The summed E-state index contributed by atoms with van der Waals surface area (Å²) in [5, 5.41) is 70.5. The summed E-state index contributed by atoms with van der Waals surface area (Å²) in [6.07, 6.45) is -9.86. The number of nitrogens with one attached hydrogen (secondary N) is 8. The van der Waals surface area contributed by atoms with Crippen molar-refractivity contribution in [1.82, 2.24) is 47.4 Å². The number of carbonyl (C=O) groups excluding carboxylic acids is 11. The predicted octanol–water partition coefficient (Wildman–Crippen LogP) is -7.96. The third-order valence-corrected chi connectivity index (χ3v) is 16.6. The SMILES string of the molecule is NC(=O)CNC(=O)[C@H](CCCN=C(N)N)NC(=O)[C@@H]1CCCN1C(=O)[C@@H]1CSSC[C@H](N)C(=O)N[C@@H](Cc2ccc(O)cc2)C(=O)N[C@@H](Cc2ccccc2)C(=O)N[C@@H](CCC(=O)NCCO[C@@H]2O[C@H](CO)[C@H](O)[C@H](O)[C@H]2O)C(=O)N[C@@H](CC(N)=O)C(=O)N1. The van der Waals surface area contributed by atoms with Crippen LogP contribution >= 0.6 is 21.6 Å². The molecule has 3 aliphatic rings. The van der Waals surface area contributed by atoms with E-state index < -0.39 is 176 Å². The van der Waals surface area contributed by atoms with Crippen LogP contribution in [0.1, 0.15) is 56.1 Å². The van der Waals surface area contributed by atoms with Crippen LogP contribution in [0.15, 0.2) is 59.6 Å². The molecule has 0 radical (unpaired) electrons. The van der Waals surface area contributed by atoms with Crippen molar-refractivity contribution in [2.75, 3.05) is 50.9 Å². The Morgan fingerprint density at radius 2 is 1.35 bits per heavy atom. The van der Waals surface area contributed by atoms with E-state index in [1.54, 1.807) is 30.3 Å². The second kappa shape index (κ2) is 35.9. The molecule has 0 bridgehead atoms. The number of ether oxygens (including phenoxy) is 2. The van der Waals surface area contributed by atoms with E-state index in [0.29, 0.717) is 11.1 Å². The van der Waals surface area contributed by atoms with Crippen LogP contribution in [0.2, 0.25) is 0 Å². The number of rotatable bonds is 24. The van der Waals surface area contributed by atoms with Gasteiger partial charge in [-0.2, -0.15) is 0 Å². The zero-order chi connectivity index (χ0) is 65.3. The number of aliphatic hydroxyl groups is 4. The Morgan fingerprint density at radius 1 is 0.742 bits per heavy atom. The molecular weight excluding hydrogens is 1210 g/mol. The number of carbonyl (C=O) groups is 11. The largest absolute Gasteiger partial charge is 0.508 e. The first-order valence-electron chi connectivity index (χ1n) is 28.4. The molecule has 0 spiro atoms. The number of nitrogens with zero attached hydrogens (tertiary/aromatic N) is 2. The van der Waals surface area contributed by atoms with Gasteiger partial charge in [-0.3, -0.25) is 57.7 Å². The highest BCUT2D eigenvalue weighted by Crippen LogP contribution is 2.27. The van der Waals surface area contributed by atoms with Crippen LogP contribution < -0.4 is 71.2 Å². The lowest BCUT2D eigenvalue weighted by Gasteiger charge is -2.39. The fourth-order valence-corrected chi connectivity index (χ4v) is 11.7. The summed E-state index contributed by atoms with van der Waals surface area (Å²) in [5.41, 5.74) is 29.1.